The van der Waals surface area contributed by atoms with Crippen molar-refractivity contribution >= 4 is 5.69 Å². The van der Waals surface area contributed by atoms with E-state index in [1.54, 1.807) is 0 Å². The Balaban J connectivity index is 1.79. The van der Waals surface area contributed by atoms with Crippen LogP contribution in [-0.4, -0.2) is 55.3 Å². The average Bonchev–Trinajstić information content (AvgIpc) is 2.97. The van der Waals surface area contributed by atoms with E-state index in [9.17, 15) is 0 Å². The molecule has 2 aromatic rings. The first-order valence-corrected chi connectivity index (χ1v) is 7.27. The molecule has 0 saturated carbocycles. The number of rotatable bonds is 4. The molecule has 112 valence electrons. The lowest BCUT2D eigenvalue weighted by molar-refractivity contribution is 0.313. The van der Waals surface area contributed by atoms with Crippen molar-refractivity contribution in [1.29, 1.82) is 0 Å². The van der Waals surface area contributed by atoms with Crippen molar-refractivity contribution in [2.45, 2.75) is 6.54 Å². The molecule has 0 spiro atoms. The zero-order chi connectivity index (χ0) is 14.7. The van der Waals surface area contributed by atoms with Gasteiger partial charge >= 0.3 is 0 Å². The number of piperazine rings is 1. The summed E-state index contributed by atoms with van der Waals surface area (Å²) in [6, 6.07) is 8.35. The van der Waals surface area contributed by atoms with Gasteiger partial charge in [0.2, 0.25) is 11.7 Å². The van der Waals surface area contributed by atoms with Gasteiger partial charge in [0.25, 0.3) is 0 Å². The third-order valence-corrected chi connectivity index (χ3v) is 3.77. The zero-order valence-electron chi connectivity index (χ0n) is 12.5. The summed E-state index contributed by atoms with van der Waals surface area (Å²) in [6.45, 7) is 4.89. The third-order valence-electron chi connectivity index (χ3n) is 3.77. The highest BCUT2D eigenvalue weighted by molar-refractivity contribution is 5.63. The first-order chi connectivity index (χ1) is 10.3. The van der Waals surface area contributed by atoms with Crippen LogP contribution in [0, 0.1) is 0 Å². The number of hydrogen-bond donors (Lipinski definition) is 1. The van der Waals surface area contributed by atoms with Crippen molar-refractivity contribution in [3.8, 4) is 11.4 Å². The summed E-state index contributed by atoms with van der Waals surface area (Å²) in [4.78, 5) is 9.15. The van der Waals surface area contributed by atoms with Crippen molar-refractivity contribution in [2.24, 2.45) is 0 Å². The topological polar surface area (TPSA) is 57.4 Å². The Morgan fingerprint density at radius 2 is 2.05 bits per heavy atom. The van der Waals surface area contributed by atoms with Gasteiger partial charge in [-0.25, -0.2) is 0 Å². The number of likely N-dealkylation sites (N-methyl/N-ethyl adjacent to an activating group) is 1. The van der Waals surface area contributed by atoms with E-state index in [0.29, 0.717) is 18.3 Å². The number of nitrogens with one attached hydrogen (secondary N) is 1. The molecule has 1 N–H and O–H groups in total. The Hall–Kier alpha value is -1.92. The lowest BCUT2D eigenvalue weighted by Gasteiger charge is -2.34. The lowest BCUT2D eigenvalue weighted by Crippen LogP contribution is -2.44. The highest BCUT2D eigenvalue weighted by atomic mass is 16.5. The van der Waals surface area contributed by atoms with E-state index in [0.717, 1.165) is 31.7 Å². The largest absolute Gasteiger partial charge is 0.369 e. The molecule has 1 aliphatic heterocycles. The first-order valence-electron chi connectivity index (χ1n) is 7.27. The predicted molar refractivity (Wildman–Crippen MR) is 82.2 cm³/mol. The second kappa shape index (κ2) is 6.24. The van der Waals surface area contributed by atoms with E-state index in [1.165, 1.54) is 5.69 Å². The number of benzene rings is 1. The number of anilines is 1. The molecule has 0 radical (unpaired) electrons. The second-order valence-electron chi connectivity index (χ2n) is 5.38. The maximum absolute atomic E-state index is 5.21. The molecule has 6 heteroatoms. The number of nitrogens with zero attached hydrogens (tertiary/aromatic N) is 4. The summed E-state index contributed by atoms with van der Waals surface area (Å²) >= 11 is 0. The Bertz CT molecular complexity index is 589. The van der Waals surface area contributed by atoms with E-state index in [-0.39, 0.29) is 0 Å². The minimum absolute atomic E-state index is 0.588. The molecule has 1 saturated heterocycles. The minimum Gasteiger partial charge on any atom is -0.369 e. The van der Waals surface area contributed by atoms with Gasteiger partial charge in [0.15, 0.2) is 0 Å². The third kappa shape index (κ3) is 3.22. The molecule has 0 aliphatic carbocycles. The van der Waals surface area contributed by atoms with Gasteiger partial charge in [-0.3, -0.25) is 0 Å². The number of hydrogen-bond acceptors (Lipinski definition) is 6. The van der Waals surface area contributed by atoms with E-state index in [2.05, 4.69) is 50.5 Å². The van der Waals surface area contributed by atoms with Gasteiger partial charge in [0, 0.05) is 37.4 Å². The molecule has 0 atom stereocenters. The molecule has 0 amide bonds. The quantitative estimate of drug-likeness (QED) is 0.912. The van der Waals surface area contributed by atoms with Crippen LogP contribution >= 0.6 is 0 Å². The summed E-state index contributed by atoms with van der Waals surface area (Å²) < 4.78 is 5.21. The van der Waals surface area contributed by atoms with Crippen LogP contribution in [0.25, 0.3) is 11.4 Å². The van der Waals surface area contributed by atoms with Crippen LogP contribution in [0.2, 0.25) is 0 Å². The van der Waals surface area contributed by atoms with E-state index in [1.807, 2.05) is 13.1 Å². The van der Waals surface area contributed by atoms with Crippen molar-refractivity contribution in [1.82, 2.24) is 20.4 Å². The van der Waals surface area contributed by atoms with Crippen LogP contribution in [0.1, 0.15) is 5.89 Å². The van der Waals surface area contributed by atoms with Gasteiger partial charge in [-0.05, 0) is 26.2 Å². The fraction of sp³-hybridized carbons (Fsp3) is 0.467. The van der Waals surface area contributed by atoms with Crippen molar-refractivity contribution in [3.05, 3.63) is 30.2 Å². The van der Waals surface area contributed by atoms with Crippen molar-refractivity contribution < 1.29 is 4.52 Å². The van der Waals surface area contributed by atoms with Gasteiger partial charge in [-0.1, -0.05) is 17.3 Å². The van der Waals surface area contributed by atoms with Crippen LogP contribution in [0.5, 0.6) is 0 Å². The Morgan fingerprint density at radius 1 is 1.24 bits per heavy atom. The highest BCUT2D eigenvalue weighted by Crippen LogP contribution is 2.23. The molecule has 1 fully saturated rings. The van der Waals surface area contributed by atoms with Crippen LogP contribution in [0.3, 0.4) is 0 Å². The first kappa shape index (κ1) is 14.0. The Morgan fingerprint density at radius 3 is 2.81 bits per heavy atom. The standard InChI is InChI=1S/C15H21N5O/c1-16-11-14-17-15(18-21-14)12-4-3-5-13(10-12)20-8-6-19(2)7-9-20/h3-5,10,16H,6-9,11H2,1-2H3. The van der Waals surface area contributed by atoms with Gasteiger partial charge in [-0.2, -0.15) is 4.98 Å². The maximum Gasteiger partial charge on any atom is 0.240 e. The molecule has 1 aromatic carbocycles. The molecule has 1 aromatic heterocycles. The molecule has 6 nitrogen and oxygen atoms in total. The minimum atomic E-state index is 0.588. The van der Waals surface area contributed by atoms with Crippen LogP contribution in [0.4, 0.5) is 5.69 Å². The highest BCUT2D eigenvalue weighted by Gasteiger charge is 2.15. The monoisotopic (exact) mass is 287 g/mol. The Labute approximate surface area is 124 Å². The molecule has 0 unspecified atom stereocenters. The number of aromatic nitrogens is 2. The summed E-state index contributed by atoms with van der Waals surface area (Å²) in [5.41, 5.74) is 2.22. The van der Waals surface area contributed by atoms with Gasteiger partial charge in [-0.15, -0.1) is 0 Å². The summed E-state index contributed by atoms with van der Waals surface area (Å²) in [5, 5.41) is 7.06. The van der Waals surface area contributed by atoms with Crippen molar-refractivity contribution in [2.75, 3.05) is 45.2 Å². The van der Waals surface area contributed by atoms with E-state index >= 15 is 0 Å². The van der Waals surface area contributed by atoms with Crippen LogP contribution in [0.15, 0.2) is 28.8 Å². The predicted octanol–water partition coefficient (Wildman–Crippen LogP) is 1.21. The van der Waals surface area contributed by atoms with Crippen LogP contribution in [-0.2, 0) is 6.54 Å². The molecule has 0 bridgehead atoms. The average molecular weight is 287 g/mol. The summed E-state index contributed by atoms with van der Waals surface area (Å²) in [7, 11) is 4.02. The second-order valence-corrected chi connectivity index (χ2v) is 5.38. The normalized spacial score (nSPS) is 16.4. The SMILES string of the molecule is CNCc1nc(-c2cccc(N3CCN(C)CC3)c2)no1. The molecular weight excluding hydrogens is 266 g/mol. The maximum atomic E-state index is 5.21. The van der Waals surface area contributed by atoms with Crippen molar-refractivity contribution in [3.63, 3.8) is 0 Å². The fourth-order valence-electron chi connectivity index (χ4n) is 2.50. The smallest absolute Gasteiger partial charge is 0.240 e. The van der Waals surface area contributed by atoms with Gasteiger partial charge in [0.1, 0.15) is 0 Å². The van der Waals surface area contributed by atoms with Gasteiger partial charge in [0.05, 0.1) is 6.54 Å². The van der Waals surface area contributed by atoms with Crippen LogP contribution < -0.4 is 10.2 Å². The molecule has 1 aliphatic rings. The van der Waals surface area contributed by atoms with Gasteiger partial charge < -0.3 is 19.6 Å². The molecule has 21 heavy (non-hydrogen) atoms. The molecule has 3 rings (SSSR count). The summed E-state index contributed by atoms with van der Waals surface area (Å²) in [6.07, 6.45) is 0. The summed E-state index contributed by atoms with van der Waals surface area (Å²) in [5.74, 6) is 1.26. The molecular formula is C15H21N5O. The Kier molecular flexibility index (Phi) is 4.17. The van der Waals surface area contributed by atoms with E-state index < -0.39 is 0 Å². The molecule has 2 heterocycles. The fourth-order valence-corrected chi connectivity index (χ4v) is 2.50. The zero-order valence-corrected chi connectivity index (χ0v) is 12.5. The van der Waals surface area contributed by atoms with E-state index in [4.69, 9.17) is 4.52 Å². The lowest BCUT2D eigenvalue weighted by atomic mass is 10.1.